The fourth-order valence-electron chi connectivity index (χ4n) is 8.58. The van der Waals surface area contributed by atoms with Crippen LogP contribution in [0.15, 0.2) is 103 Å². The van der Waals surface area contributed by atoms with E-state index in [0.29, 0.717) is 41.8 Å². The number of aromatic nitrogens is 3. The number of guanidine groups is 1. The number of nitrogens with one attached hydrogen (secondary N) is 9. The molecule has 0 radical (unpaired) electrons. The number of amides is 8. The summed E-state index contributed by atoms with van der Waals surface area (Å²) in [7, 11) is 0. The zero-order valence-electron chi connectivity index (χ0n) is 44.3. The van der Waals surface area contributed by atoms with E-state index in [0.717, 1.165) is 10.9 Å². The van der Waals surface area contributed by atoms with Gasteiger partial charge in [-0.05, 0) is 79.5 Å². The van der Waals surface area contributed by atoms with Gasteiger partial charge in [0.15, 0.2) is 5.96 Å². The minimum atomic E-state index is -1.37. The first-order chi connectivity index (χ1) is 37.8. The summed E-state index contributed by atoms with van der Waals surface area (Å²) >= 11 is 0. The Labute approximate surface area is 457 Å². The first kappa shape index (κ1) is 61.0. The summed E-state index contributed by atoms with van der Waals surface area (Å²) in [5.41, 5.74) is 31.9. The van der Waals surface area contributed by atoms with Crippen LogP contribution in [0.3, 0.4) is 0 Å². The third-order valence-corrected chi connectivity index (χ3v) is 12.9. The Bertz CT molecular complexity index is 2840. The van der Waals surface area contributed by atoms with Crippen molar-refractivity contribution in [3.05, 3.63) is 120 Å². The van der Waals surface area contributed by atoms with Gasteiger partial charge in [-0.2, -0.15) is 0 Å². The monoisotopic (exact) mass is 1090 g/mol. The Morgan fingerprint density at radius 3 is 1.81 bits per heavy atom. The number of nitrogens with two attached hydrogens (primary N) is 5. The molecule has 2 heterocycles. The molecule has 0 spiro atoms. The Balaban J connectivity index is 1.37. The number of rotatable bonds is 32. The van der Waals surface area contributed by atoms with Crippen molar-refractivity contribution in [2.45, 2.75) is 114 Å². The fraction of sp³-hybridized carbons (Fsp3) is 0.407. The van der Waals surface area contributed by atoms with Crippen molar-refractivity contribution in [2.75, 3.05) is 19.6 Å². The van der Waals surface area contributed by atoms with E-state index >= 15 is 0 Å². The SMILES string of the molecule is CC(C)[C@H](NC(=O)[C@H](Cc1ccccc1)NC(=O)[C@H](CCCCN)NC(=O)CNC(=O)[C@H](Cc1c[nH]c2ccccc12)NC(=O)[C@H](CCCN=C(N)N)NC(=O)[C@H](Cc1ccc(O)cc1)NC(=O)[C@@H](N)Cc1cnc[nH]1)C(N)=O. The molecule has 0 aliphatic heterocycles. The number of aromatic hydroxyl groups is 1. The number of carbonyl (C=O) groups excluding carboxylic acids is 8. The highest BCUT2D eigenvalue weighted by molar-refractivity contribution is 5.97. The van der Waals surface area contributed by atoms with Crippen molar-refractivity contribution in [1.29, 1.82) is 0 Å². The Kier molecular flexibility index (Phi) is 23.8. The average molecular weight is 1090 g/mol. The van der Waals surface area contributed by atoms with E-state index in [1.165, 1.54) is 24.7 Å². The first-order valence-electron chi connectivity index (χ1n) is 26.0. The molecule has 5 rings (SSSR count). The van der Waals surface area contributed by atoms with E-state index in [1.807, 2.05) is 18.2 Å². The number of fused-ring (bicyclic) bond motifs is 1. The number of imidazole rings is 1. The van der Waals surface area contributed by atoms with Gasteiger partial charge in [0.2, 0.25) is 47.3 Å². The number of primary amides is 1. The maximum absolute atomic E-state index is 14.6. The second-order valence-corrected chi connectivity index (χ2v) is 19.5. The Morgan fingerprint density at radius 1 is 0.620 bits per heavy atom. The van der Waals surface area contributed by atoms with E-state index in [1.54, 1.807) is 68.6 Å². The van der Waals surface area contributed by atoms with Gasteiger partial charge in [-0.1, -0.05) is 74.5 Å². The number of H-pyrrole nitrogens is 2. The summed E-state index contributed by atoms with van der Waals surface area (Å²) in [6, 6.07) is 13.5. The van der Waals surface area contributed by atoms with Crippen LogP contribution in [0.4, 0.5) is 0 Å². The van der Waals surface area contributed by atoms with Crippen LogP contribution in [0, 0.1) is 5.92 Å². The van der Waals surface area contributed by atoms with Crippen molar-refractivity contribution in [3.63, 3.8) is 0 Å². The fourth-order valence-corrected chi connectivity index (χ4v) is 8.58. The number of nitrogens with zero attached hydrogens (tertiary/aromatic N) is 2. The molecule has 0 aliphatic carbocycles. The predicted octanol–water partition coefficient (Wildman–Crippen LogP) is -1.46. The molecule has 7 atom stereocenters. The van der Waals surface area contributed by atoms with Crippen molar-refractivity contribution >= 4 is 64.1 Å². The summed E-state index contributed by atoms with van der Waals surface area (Å²) in [5.74, 6) is -6.60. The summed E-state index contributed by atoms with van der Waals surface area (Å²) in [6.07, 6.45) is 5.66. The molecule has 0 bridgehead atoms. The molecule has 0 unspecified atom stereocenters. The summed E-state index contributed by atoms with van der Waals surface area (Å²) in [6.45, 7) is 3.12. The number of phenols is 1. The first-order valence-corrected chi connectivity index (χ1v) is 26.0. The third kappa shape index (κ3) is 19.9. The molecule has 2 aromatic heterocycles. The van der Waals surface area contributed by atoms with Gasteiger partial charge in [0.25, 0.3) is 0 Å². The van der Waals surface area contributed by atoms with Gasteiger partial charge in [0.05, 0.1) is 18.9 Å². The topological polar surface area (TPSA) is 428 Å². The van der Waals surface area contributed by atoms with Gasteiger partial charge < -0.3 is 81.0 Å². The lowest BCUT2D eigenvalue weighted by atomic mass is 10.0. The summed E-state index contributed by atoms with van der Waals surface area (Å²) < 4.78 is 0. The van der Waals surface area contributed by atoms with Crippen LogP contribution in [0.5, 0.6) is 5.75 Å². The quantitative estimate of drug-likeness (QED) is 0.0133. The van der Waals surface area contributed by atoms with E-state index in [9.17, 15) is 43.5 Å². The number of hydrogen-bond donors (Lipinski definition) is 15. The summed E-state index contributed by atoms with van der Waals surface area (Å²) in [4.78, 5) is 125. The van der Waals surface area contributed by atoms with Crippen LogP contribution in [-0.2, 0) is 64.0 Å². The molecule has 0 fully saturated rings. The van der Waals surface area contributed by atoms with E-state index in [2.05, 4.69) is 57.2 Å². The van der Waals surface area contributed by atoms with Crippen molar-refractivity contribution in [3.8, 4) is 5.75 Å². The van der Waals surface area contributed by atoms with E-state index < -0.39 is 96.1 Å². The number of aliphatic imine (C=N–C) groups is 1. The smallest absolute Gasteiger partial charge is 0.243 e. The van der Waals surface area contributed by atoms with Crippen molar-refractivity contribution in [2.24, 2.45) is 39.6 Å². The van der Waals surface area contributed by atoms with Gasteiger partial charge in [-0.3, -0.25) is 43.3 Å². The molecule has 3 aromatic carbocycles. The maximum Gasteiger partial charge on any atom is 0.243 e. The molecule has 20 N–H and O–H groups in total. The van der Waals surface area contributed by atoms with Gasteiger partial charge in [-0.15, -0.1) is 0 Å². The molecular formula is C54H74N16O9. The third-order valence-electron chi connectivity index (χ3n) is 12.9. The standard InChI is InChI=1S/C54H74N16O9/c1-31(2)46(47(57)73)70-53(79)43(23-32-11-4-3-5-12-32)68-50(76)40(15-8-9-21-55)65-45(72)29-63-49(75)44(25-34-27-62-39-14-7-6-13-37(34)39)69-51(77)41(16-10-22-61-54(58)59)66-52(78)42(24-33-17-19-36(71)20-18-33)67-48(74)38(56)26-35-28-60-30-64-35/h3-7,11-14,17-20,27-28,30-31,38,40-44,46,62,71H,8-10,15-16,21-26,29,55-56H2,1-2H3,(H2,57,73)(H,60,64)(H,63,75)(H,65,72)(H,66,78)(H,67,74)(H,68,76)(H,69,77)(H,70,79)(H4,58,59,61)/t38-,40-,41-,42-,43-,44-,46-/m0/s1. The zero-order chi connectivity index (χ0) is 57.4. The highest BCUT2D eigenvalue weighted by Gasteiger charge is 2.33. The van der Waals surface area contributed by atoms with Gasteiger partial charge in [0, 0.05) is 61.2 Å². The summed E-state index contributed by atoms with van der Waals surface area (Å²) in [5, 5.41) is 29.5. The molecule has 5 aromatic rings. The number of hydrogen-bond acceptors (Lipinski definition) is 13. The molecule has 0 saturated carbocycles. The van der Waals surface area contributed by atoms with Crippen LogP contribution >= 0.6 is 0 Å². The molecule has 79 heavy (non-hydrogen) atoms. The Morgan fingerprint density at radius 2 is 1.19 bits per heavy atom. The average Bonchev–Trinajstić information content (AvgIpc) is 4.14. The van der Waals surface area contributed by atoms with Gasteiger partial charge in [0.1, 0.15) is 42.0 Å². The van der Waals surface area contributed by atoms with Crippen LogP contribution in [-0.4, -0.2) is 135 Å². The maximum atomic E-state index is 14.6. The number of unbranched alkanes of at least 4 members (excludes halogenated alkanes) is 1. The number of aromatic amines is 2. The zero-order valence-corrected chi connectivity index (χ0v) is 44.3. The molecule has 25 nitrogen and oxygen atoms in total. The lowest BCUT2D eigenvalue weighted by Crippen LogP contribution is -2.59. The van der Waals surface area contributed by atoms with E-state index in [-0.39, 0.29) is 69.1 Å². The second-order valence-electron chi connectivity index (χ2n) is 19.5. The molecule has 25 heteroatoms. The molecular weight excluding hydrogens is 1020 g/mol. The highest BCUT2D eigenvalue weighted by atomic mass is 16.3. The van der Waals surface area contributed by atoms with Crippen molar-refractivity contribution < 1.29 is 43.5 Å². The number of carbonyl (C=O) groups is 8. The minimum Gasteiger partial charge on any atom is -0.508 e. The van der Waals surface area contributed by atoms with Crippen LogP contribution < -0.4 is 65.9 Å². The Hall–Kier alpha value is -8.84. The number of phenolic OH excluding ortho intramolecular Hbond substituents is 1. The van der Waals surface area contributed by atoms with Gasteiger partial charge >= 0.3 is 0 Å². The second kappa shape index (κ2) is 30.8. The van der Waals surface area contributed by atoms with Crippen LogP contribution in [0.25, 0.3) is 10.9 Å². The lowest BCUT2D eigenvalue weighted by Gasteiger charge is -2.26. The largest absolute Gasteiger partial charge is 0.508 e. The van der Waals surface area contributed by atoms with Crippen LogP contribution in [0.1, 0.15) is 68.3 Å². The lowest BCUT2D eigenvalue weighted by molar-refractivity contribution is -0.134. The molecule has 0 saturated heterocycles. The minimum absolute atomic E-state index is 0.0273. The predicted molar refractivity (Wildman–Crippen MR) is 296 cm³/mol. The molecule has 8 amide bonds. The molecule has 424 valence electrons. The van der Waals surface area contributed by atoms with Gasteiger partial charge in [-0.25, -0.2) is 4.98 Å². The molecule has 0 aliphatic rings. The normalized spacial score (nSPS) is 13.8. The number of benzene rings is 3. The highest BCUT2D eigenvalue weighted by Crippen LogP contribution is 2.20. The van der Waals surface area contributed by atoms with E-state index in [4.69, 9.17) is 28.7 Å². The number of para-hydroxylation sites is 1. The van der Waals surface area contributed by atoms with Crippen molar-refractivity contribution in [1.82, 2.24) is 52.2 Å². The van der Waals surface area contributed by atoms with Crippen LogP contribution in [0.2, 0.25) is 0 Å².